The molecule has 0 aliphatic heterocycles. The average molecular weight is 443 g/mol. The van der Waals surface area contributed by atoms with Crippen LogP contribution in [0.25, 0.3) is 0 Å². The second-order valence-corrected chi connectivity index (χ2v) is 9.43. The fraction of sp³-hybridized carbons (Fsp3) is 1.00. The summed E-state index contributed by atoms with van der Waals surface area (Å²) in [6.45, 7) is 2.25. The summed E-state index contributed by atoms with van der Waals surface area (Å²) in [6, 6.07) is 0. The molecule has 0 aliphatic rings. The van der Waals surface area contributed by atoms with E-state index in [1.807, 2.05) is 0 Å². The van der Waals surface area contributed by atoms with Crippen LogP contribution in [0.3, 0.4) is 0 Å². The molecule has 27 heavy (non-hydrogen) atoms. The molecule has 0 amide bonds. The lowest BCUT2D eigenvalue weighted by Crippen LogP contribution is -2.21. The quantitative estimate of drug-likeness (QED) is 0.213. The molecule has 0 spiro atoms. The van der Waals surface area contributed by atoms with Crippen LogP contribution < -0.4 is 0 Å². The highest BCUT2D eigenvalue weighted by atomic mass is 32.2. The van der Waals surface area contributed by atoms with E-state index in [4.69, 9.17) is 17.5 Å². The average Bonchev–Trinajstić information content (AvgIpc) is 2.49. The molecule has 0 rings (SSSR count). The Hall–Kier alpha value is -0.390. The maximum absolute atomic E-state index is 10.7. The third-order valence-electron chi connectivity index (χ3n) is 3.80. The number of halogens is 3. The summed E-state index contributed by atoms with van der Waals surface area (Å²) in [5, 5.41) is 0. The Labute approximate surface area is 161 Å². The topological polar surface area (TPSA) is 109 Å². The van der Waals surface area contributed by atoms with Gasteiger partial charge in [0.15, 0.2) is 0 Å². The minimum Gasteiger partial charge on any atom is -0.286 e. The molecule has 0 aliphatic carbocycles. The Kier molecular flexibility index (Phi) is 16.6. The van der Waals surface area contributed by atoms with Crippen LogP contribution in [0.4, 0.5) is 13.2 Å². The minimum absolute atomic E-state index is 0.0786. The van der Waals surface area contributed by atoms with E-state index in [0.717, 1.165) is 12.8 Å². The summed E-state index contributed by atoms with van der Waals surface area (Å²) in [7, 11) is -9.58. The second kappa shape index (κ2) is 15.5. The third-order valence-corrected chi connectivity index (χ3v) is 5.19. The van der Waals surface area contributed by atoms with Crippen molar-refractivity contribution >= 4 is 20.2 Å². The number of alkyl halides is 3. The van der Waals surface area contributed by atoms with Gasteiger partial charge in [-0.3, -0.25) is 9.11 Å². The summed E-state index contributed by atoms with van der Waals surface area (Å²) in [5.41, 5.74) is -5.53. The molecule has 0 aromatic rings. The van der Waals surface area contributed by atoms with Gasteiger partial charge in [-0.15, -0.1) is 0 Å². The molecule has 0 unspecified atom stereocenters. The Bertz CT molecular complexity index is 545. The fourth-order valence-electron chi connectivity index (χ4n) is 2.30. The van der Waals surface area contributed by atoms with E-state index in [1.54, 1.807) is 0 Å². The molecule has 0 saturated carbocycles. The first-order chi connectivity index (χ1) is 12.3. The molecule has 2 N–H and O–H groups in total. The van der Waals surface area contributed by atoms with Crippen molar-refractivity contribution in [1.82, 2.24) is 0 Å². The highest BCUT2D eigenvalue weighted by molar-refractivity contribution is 7.86. The third kappa shape index (κ3) is 23.6. The summed E-state index contributed by atoms with van der Waals surface area (Å²) in [5.74, 6) is -0.0786. The summed E-state index contributed by atoms with van der Waals surface area (Å²) in [6.07, 6.45) is 15.9. The Morgan fingerprint density at radius 1 is 0.630 bits per heavy atom. The molecule has 0 fully saturated rings. The first-order valence-electron chi connectivity index (χ1n) is 9.30. The van der Waals surface area contributed by atoms with E-state index in [0.29, 0.717) is 6.42 Å². The highest BCUT2D eigenvalue weighted by Crippen LogP contribution is 2.20. The van der Waals surface area contributed by atoms with Crippen molar-refractivity contribution in [3.05, 3.63) is 0 Å². The first kappa shape index (κ1) is 28.8. The SMILES string of the molecule is CCCCCCCCCCCCCCCS(=O)(=O)O.O=S(=O)(O)C(F)(F)F. The molecule has 0 atom stereocenters. The maximum Gasteiger partial charge on any atom is 0.522 e. The highest BCUT2D eigenvalue weighted by Gasteiger charge is 2.44. The lowest BCUT2D eigenvalue weighted by molar-refractivity contribution is -0.0510. The van der Waals surface area contributed by atoms with Crippen molar-refractivity contribution < 1.29 is 39.1 Å². The van der Waals surface area contributed by atoms with Gasteiger partial charge in [0.1, 0.15) is 0 Å². The van der Waals surface area contributed by atoms with Crippen molar-refractivity contribution in [2.45, 2.75) is 95.9 Å². The van der Waals surface area contributed by atoms with Crippen LogP contribution in [0.5, 0.6) is 0 Å². The number of hydrogen-bond acceptors (Lipinski definition) is 4. The van der Waals surface area contributed by atoms with Crippen molar-refractivity contribution in [2.75, 3.05) is 5.75 Å². The zero-order valence-corrected chi connectivity index (χ0v) is 17.5. The summed E-state index contributed by atoms with van der Waals surface area (Å²) in [4.78, 5) is 0. The number of unbranched alkanes of at least 4 members (excludes halogenated alkanes) is 12. The van der Waals surface area contributed by atoms with E-state index < -0.39 is 25.7 Å². The van der Waals surface area contributed by atoms with Crippen molar-refractivity contribution in [1.29, 1.82) is 0 Å². The summed E-state index contributed by atoms with van der Waals surface area (Å²) < 4.78 is 87.1. The van der Waals surface area contributed by atoms with E-state index in [-0.39, 0.29) is 5.75 Å². The van der Waals surface area contributed by atoms with Gasteiger partial charge in [0.2, 0.25) is 0 Å². The zero-order valence-electron chi connectivity index (χ0n) is 15.9. The predicted molar refractivity (Wildman–Crippen MR) is 99.7 cm³/mol. The molecular weight excluding hydrogens is 409 g/mol. The number of hydrogen-bond donors (Lipinski definition) is 2. The molecule has 166 valence electrons. The van der Waals surface area contributed by atoms with Gasteiger partial charge < -0.3 is 0 Å². The number of rotatable bonds is 14. The molecule has 0 bridgehead atoms. The minimum atomic E-state index is -5.84. The van der Waals surface area contributed by atoms with Gasteiger partial charge in [-0.25, -0.2) is 0 Å². The molecule has 0 heterocycles. The van der Waals surface area contributed by atoms with Gasteiger partial charge in [0, 0.05) is 0 Å². The standard InChI is InChI=1S/C15H32O3S.CHF3O3S/c1-2-3-4-5-6-7-8-9-10-11-12-13-14-15-19(16,17)18;2-1(3,4)8(5,6)7/h2-15H2,1H3,(H,16,17,18);(H,5,6,7). The van der Waals surface area contributed by atoms with Crippen LogP contribution in [0.1, 0.15) is 90.4 Å². The smallest absolute Gasteiger partial charge is 0.286 e. The largest absolute Gasteiger partial charge is 0.522 e. The van der Waals surface area contributed by atoms with Crippen LogP contribution in [0, 0.1) is 0 Å². The second-order valence-electron chi connectivity index (χ2n) is 6.45. The van der Waals surface area contributed by atoms with Crippen LogP contribution in [-0.2, 0) is 20.2 Å². The molecule has 0 saturated heterocycles. The van der Waals surface area contributed by atoms with Gasteiger partial charge in [-0.2, -0.15) is 30.0 Å². The normalized spacial score (nSPS) is 12.5. The zero-order chi connectivity index (χ0) is 21.4. The van der Waals surface area contributed by atoms with Crippen molar-refractivity contribution in [3.63, 3.8) is 0 Å². The van der Waals surface area contributed by atoms with Gasteiger partial charge in [-0.1, -0.05) is 84.0 Å². The monoisotopic (exact) mass is 442 g/mol. The van der Waals surface area contributed by atoms with Gasteiger partial charge >= 0.3 is 15.6 Å². The van der Waals surface area contributed by atoms with Crippen LogP contribution in [-0.4, -0.2) is 37.2 Å². The van der Waals surface area contributed by atoms with E-state index in [9.17, 15) is 21.6 Å². The van der Waals surface area contributed by atoms with E-state index in [1.165, 1.54) is 64.2 Å². The van der Waals surface area contributed by atoms with Gasteiger partial charge in [-0.05, 0) is 6.42 Å². The predicted octanol–water partition coefficient (Wildman–Crippen LogP) is 5.36. The molecule has 0 aromatic carbocycles. The van der Waals surface area contributed by atoms with Crippen molar-refractivity contribution in [2.24, 2.45) is 0 Å². The van der Waals surface area contributed by atoms with Crippen LogP contribution >= 0.6 is 0 Å². The van der Waals surface area contributed by atoms with Gasteiger partial charge in [0.05, 0.1) is 5.75 Å². The van der Waals surface area contributed by atoms with Crippen LogP contribution in [0.2, 0.25) is 0 Å². The Balaban J connectivity index is 0. The summed E-state index contributed by atoms with van der Waals surface area (Å²) >= 11 is 0. The lowest BCUT2D eigenvalue weighted by Gasteiger charge is -2.02. The van der Waals surface area contributed by atoms with Crippen LogP contribution in [0.15, 0.2) is 0 Å². The Morgan fingerprint density at radius 3 is 1.11 bits per heavy atom. The molecule has 11 heteroatoms. The van der Waals surface area contributed by atoms with E-state index >= 15 is 0 Å². The maximum atomic E-state index is 10.7. The Morgan fingerprint density at radius 2 is 0.889 bits per heavy atom. The fourth-order valence-corrected chi connectivity index (χ4v) is 2.87. The molecule has 0 aromatic heterocycles. The van der Waals surface area contributed by atoms with Crippen molar-refractivity contribution in [3.8, 4) is 0 Å². The van der Waals surface area contributed by atoms with E-state index in [2.05, 4.69) is 6.92 Å². The molecular formula is C16H33F3O6S2. The molecule has 0 radical (unpaired) electrons. The first-order valence-corrected chi connectivity index (χ1v) is 12.3. The van der Waals surface area contributed by atoms with Gasteiger partial charge in [0.25, 0.3) is 10.1 Å². The lowest BCUT2D eigenvalue weighted by atomic mass is 10.1. The molecule has 6 nitrogen and oxygen atoms in total.